The number of nitrogens with one attached hydrogen (secondary N) is 1. The number of hydrogen-bond acceptors (Lipinski definition) is 8. The van der Waals surface area contributed by atoms with Gasteiger partial charge in [0.1, 0.15) is 5.76 Å². The highest BCUT2D eigenvalue weighted by molar-refractivity contribution is 5.38. The molecule has 8 heteroatoms. The Labute approximate surface area is 123 Å². The third kappa shape index (κ3) is 3.82. The highest BCUT2D eigenvalue weighted by Crippen LogP contribution is 2.18. The Balaban J connectivity index is 2.22. The van der Waals surface area contributed by atoms with Crippen LogP contribution in [-0.2, 0) is 6.54 Å². The summed E-state index contributed by atoms with van der Waals surface area (Å²) in [7, 11) is 1.88. The molecule has 0 bridgehead atoms. The molecular formula is C13H20N6O2. The van der Waals surface area contributed by atoms with Crippen LogP contribution in [0, 0.1) is 6.92 Å². The molecule has 0 aliphatic rings. The molecule has 0 spiro atoms. The van der Waals surface area contributed by atoms with E-state index in [9.17, 15) is 0 Å². The summed E-state index contributed by atoms with van der Waals surface area (Å²) in [5.74, 6) is 6.98. The Morgan fingerprint density at radius 3 is 2.71 bits per heavy atom. The van der Waals surface area contributed by atoms with Crippen LogP contribution in [0.4, 0.5) is 11.9 Å². The van der Waals surface area contributed by atoms with Crippen molar-refractivity contribution in [3.8, 4) is 6.01 Å². The largest absolute Gasteiger partial charge is 0.469 e. The Kier molecular flexibility index (Phi) is 4.59. The molecule has 0 atom stereocenters. The summed E-state index contributed by atoms with van der Waals surface area (Å²) >= 11 is 0. The summed E-state index contributed by atoms with van der Waals surface area (Å²) in [5, 5.41) is 0. The number of rotatable bonds is 6. The van der Waals surface area contributed by atoms with Gasteiger partial charge in [-0.15, -0.1) is 0 Å². The van der Waals surface area contributed by atoms with Gasteiger partial charge in [-0.05, 0) is 26.8 Å². The van der Waals surface area contributed by atoms with Gasteiger partial charge in [0.25, 0.3) is 0 Å². The second-order valence-electron chi connectivity index (χ2n) is 4.91. The topological polar surface area (TPSA) is 102 Å². The number of nitrogen functional groups attached to an aromatic ring is 1. The van der Waals surface area contributed by atoms with Crippen LogP contribution in [0.25, 0.3) is 0 Å². The lowest BCUT2D eigenvalue weighted by molar-refractivity contribution is 0.222. The molecule has 0 unspecified atom stereocenters. The lowest BCUT2D eigenvalue weighted by Gasteiger charge is -2.18. The van der Waals surface area contributed by atoms with Crippen LogP contribution in [-0.4, -0.2) is 28.1 Å². The Morgan fingerprint density at radius 1 is 1.38 bits per heavy atom. The van der Waals surface area contributed by atoms with Gasteiger partial charge in [-0.1, -0.05) is 0 Å². The zero-order valence-corrected chi connectivity index (χ0v) is 12.6. The molecule has 2 heterocycles. The molecule has 8 nitrogen and oxygen atoms in total. The molecule has 0 saturated heterocycles. The zero-order chi connectivity index (χ0) is 15.4. The van der Waals surface area contributed by atoms with Crippen LogP contribution >= 0.6 is 0 Å². The average molecular weight is 292 g/mol. The average Bonchev–Trinajstić information content (AvgIpc) is 2.83. The fourth-order valence-corrected chi connectivity index (χ4v) is 1.75. The number of anilines is 2. The number of aromatic nitrogens is 3. The van der Waals surface area contributed by atoms with Crippen LogP contribution in [0.3, 0.4) is 0 Å². The predicted molar refractivity (Wildman–Crippen MR) is 79.0 cm³/mol. The van der Waals surface area contributed by atoms with Gasteiger partial charge < -0.3 is 14.1 Å². The zero-order valence-electron chi connectivity index (χ0n) is 12.6. The quantitative estimate of drug-likeness (QED) is 0.609. The van der Waals surface area contributed by atoms with Crippen LogP contribution in [0.1, 0.15) is 25.2 Å². The number of aryl methyl sites for hydroxylation is 1. The molecule has 114 valence electrons. The van der Waals surface area contributed by atoms with E-state index in [4.69, 9.17) is 15.0 Å². The molecule has 0 radical (unpaired) electrons. The Hall–Kier alpha value is -2.35. The van der Waals surface area contributed by atoms with Crippen LogP contribution < -0.4 is 20.9 Å². The van der Waals surface area contributed by atoms with E-state index in [0.717, 1.165) is 11.3 Å². The van der Waals surface area contributed by atoms with E-state index < -0.39 is 0 Å². The summed E-state index contributed by atoms with van der Waals surface area (Å²) in [4.78, 5) is 14.4. The molecule has 0 aliphatic carbocycles. The fraction of sp³-hybridized carbons (Fsp3) is 0.462. The third-order valence-electron chi connectivity index (χ3n) is 2.79. The van der Waals surface area contributed by atoms with Crippen LogP contribution in [0.2, 0.25) is 0 Å². The van der Waals surface area contributed by atoms with Crippen LogP contribution in [0.5, 0.6) is 6.01 Å². The summed E-state index contributed by atoms with van der Waals surface area (Å²) < 4.78 is 10.8. The van der Waals surface area contributed by atoms with Crippen molar-refractivity contribution in [3.05, 3.63) is 23.7 Å². The number of hydrazine groups is 1. The molecule has 0 saturated carbocycles. The first-order chi connectivity index (χ1) is 9.99. The maximum atomic E-state index is 5.50. The summed E-state index contributed by atoms with van der Waals surface area (Å²) in [6.07, 6.45) is 1.62. The van der Waals surface area contributed by atoms with E-state index in [1.807, 2.05) is 38.8 Å². The van der Waals surface area contributed by atoms with Gasteiger partial charge in [-0.3, -0.25) is 5.43 Å². The van der Waals surface area contributed by atoms with Gasteiger partial charge >= 0.3 is 6.01 Å². The van der Waals surface area contributed by atoms with Crippen molar-refractivity contribution in [3.63, 3.8) is 0 Å². The molecule has 0 aromatic carbocycles. The third-order valence-corrected chi connectivity index (χ3v) is 2.79. The van der Waals surface area contributed by atoms with Gasteiger partial charge in [0.05, 0.1) is 12.4 Å². The van der Waals surface area contributed by atoms with E-state index in [0.29, 0.717) is 12.5 Å². The van der Waals surface area contributed by atoms with Gasteiger partial charge in [0.15, 0.2) is 0 Å². The second-order valence-corrected chi connectivity index (χ2v) is 4.91. The number of nitrogens with zero attached hydrogens (tertiary/aromatic N) is 4. The number of ether oxygens (including phenoxy) is 1. The van der Waals surface area contributed by atoms with Crippen molar-refractivity contribution in [2.75, 3.05) is 17.4 Å². The van der Waals surface area contributed by atoms with Crippen molar-refractivity contribution < 1.29 is 9.15 Å². The second kappa shape index (κ2) is 6.40. The minimum Gasteiger partial charge on any atom is -0.469 e. The van der Waals surface area contributed by atoms with Gasteiger partial charge in [0, 0.05) is 19.2 Å². The number of nitrogens with two attached hydrogens (primary N) is 1. The van der Waals surface area contributed by atoms with E-state index >= 15 is 0 Å². The predicted octanol–water partition coefficient (Wildman–Crippen LogP) is 1.48. The molecule has 0 fully saturated rings. The molecular weight excluding hydrogens is 272 g/mol. The Morgan fingerprint density at radius 2 is 2.14 bits per heavy atom. The normalized spacial score (nSPS) is 10.8. The molecule has 0 amide bonds. The van der Waals surface area contributed by atoms with Crippen molar-refractivity contribution in [1.82, 2.24) is 15.0 Å². The smallest absolute Gasteiger partial charge is 0.323 e. The molecule has 2 aromatic rings. The number of hydrogen-bond donors (Lipinski definition) is 2. The van der Waals surface area contributed by atoms with Gasteiger partial charge in [-0.2, -0.15) is 15.0 Å². The van der Waals surface area contributed by atoms with E-state index in [-0.39, 0.29) is 18.1 Å². The first-order valence-corrected chi connectivity index (χ1v) is 6.63. The maximum absolute atomic E-state index is 5.50. The highest BCUT2D eigenvalue weighted by Gasteiger charge is 2.13. The summed E-state index contributed by atoms with van der Waals surface area (Å²) in [6.45, 7) is 6.32. The molecule has 2 rings (SSSR count). The maximum Gasteiger partial charge on any atom is 0.323 e. The first-order valence-electron chi connectivity index (χ1n) is 6.63. The lowest BCUT2D eigenvalue weighted by Crippen LogP contribution is -2.22. The highest BCUT2D eigenvalue weighted by atomic mass is 16.5. The van der Waals surface area contributed by atoms with Gasteiger partial charge in [-0.25, -0.2) is 5.84 Å². The van der Waals surface area contributed by atoms with Gasteiger partial charge in [0.2, 0.25) is 11.9 Å². The van der Waals surface area contributed by atoms with Crippen molar-refractivity contribution >= 4 is 11.9 Å². The SMILES string of the molecule is Cc1occc1CN(C)c1nc(NN)nc(OC(C)C)n1. The molecule has 21 heavy (non-hydrogen) atoms. The van der Waals surface area contributed by atoms with Crippen LogP contribution in [0.15, 0.2) is 16.7 Å². The van der Waals surface area contributed by atoms with Crippen molar-refractivity contribution in [2.45, 2.75) is 33.4 Å². The lowest BCUT2D eigenvalue weighted by atomic mass is 10.2. The van der Waals surface area contributed by atoms with E-state index in [1.54, 1.807) is 6.26 Å². The summed E-state index contributed by atoms with van der Waals surface area (Å²) in [5.41, 5.74) is 3.48. The summed E-state index contributed by atoms with van der Waals surface area (Å²) in [6, 6.07) is 2.15. The van der Waals surface area contributed by atoms with E-state index in [2.05, 4.69) is 20.4 Å². The minimum absolute atomic E-state index is 0.0349. The molecule has 3 N–H and O–H groups in total. The number of furan rings is 1. The van der Waals surface area contributed by atoms with Crippen molar-refractivity contribution in [1.29, 1.82) is 0 Å². The first kappa shape index (κ1) is 15.0. The monoisotopic (exact) mass is 292 g/mol. The van der Waals surface area contributed by atoms with E-state index in [1.165, 1.54) is 0 Å². The standard InChI is InChI=1S/C13H20N6O2/c1-8(2)21-13-16-11(18-14)15-12(17-13)19(4)7-10-5-6-20-9(10)3/h5-6,8H,7,14H2,1-4H3,(H,15,16,17,18). The Bertz CT molecular complexity index is 598. The molecule has 0 aliphatic heterocycles. The molecule has 2 aromatic heterocycles. The minimum atomic E-state index is -0.0349. The van der Waals surface area contributed by atoms with Crippen molar-refractivity contribution in [2.24, 2.45) is 5.84 Å². The fourth-order valence-electron chi connectivity index (χ4n) is 1.75.